The standard InChI is InChI=1S/C14H20F2N2OS/c1-14(2,6-7-19-3)8-18-10-5-4-9(13(17)20)11(15)12(10)16/h4-5,18H,6-8H2,1-3H3,(H2,17,20). The number of thiocarbonyl (C=S) groups is 1. The first kappa shape index (κ1) is 16.8. The SMILES string of the molecule is COCCC(C)(C)CNc1ccc(C(N)=S)c(F)c1F. The van der Waals surface area contributed by atoms with Gasteiger partial charge in [0, 0.05) is 25.8 Å². The third kappa shape index (κ3) is 4.38. The van der Waals surface area contributed by atoms with Crippen LogP contribution in [0, 0.1) is 17.0 Å². The van der Waals surface area contributed by atoms with Crippen LogP contribution in [0.15, 0.2) is 12.1 Å². The predicted molar refractivity (Wildman–Crippen MR) is 81.0 cm³/mol. The van der Waals surface area contributed by atoms with E-state index in [0.29, 0.717) is 13.2 Å². The van der Waals surface area contributed by atoms with Gasteiger partial charge < -0.3 is 15.8 Å². The lowest BCUT2D eigenvalue weighted by Crippen LogP contribution is -2.25. The Morgan fingerprint density at radius 2 is 2.00 bits per heavy atom. The molecule has 0 aliphatic carbocycles. The maximum atomic E-state index is 13.9. The zero-order chi connectivity index (χ0) is 15.3. The molecule has 1 rings (SSSR count). The summed E-state index contributed by atoms with van der Waals surface area (Å²) in [5, 5.41) is 2.91. The second-order valence-electron chi connectivity index (χ2n) is 5.41. The summed E-state index contributed by atoms with van der Waals surface area (Å²) in [7, 11) is 1.63. The van der Waals surface area contributed by atoms with Gasteiger partial charge in [0.25, 0.3) is 0 Å². The van der Waals surface area contributed by atoms with Gasteiger partial charge in [-0.1, -0.05) is 26.1 Å². The topological polar surface area (TPSA) is 47.3 Å². The van der Waals surface area contributed by atoms with E-state index < -0.39 is 11.6 Å². The fraction of sp³-hybridized carbons (Fsp3) is 0.500. The minimum atomic E-state index is -1.02. The van der Waals surface area contributed by atoms with E-state index in [4.69, 9.17) is 10.5 Å². The summed E-state index contributed by atoms with van der Waals surface area (Å²) in [6, 6.07) is 2.82. The molecule has 0 saturated heterocycles. The van der Waals surface area contributed by atoms with Crippen molar-refractivity contribution in [2.24, 2.45) is 11.1 Å². The molecule has 20 heavy (non-hydrogen) atoms. The smallest absolute Gasteiger partial charge is 0.182 e. The Morgan fingerprint density at radius 3 is 2.55 bits per heavy atom. The third-order valence-electron chi connectivity index (χ3n) is 3.09. The van der Waals surface area contributed by atoms with Crippen molar-refractivity contribution in [3.63, 3.8) is 0 Å². The molecule has 0 aliphatic rings. The second kappa shape index (κ2) is 6.95. The molecule has 0 amide bonds. The van der Waals surface area contributed by atoms with Gasteiger partial charge in [0.1, 0.15) is 4.99 Å². The van der Waals surface area contributed by atoms with Crippen molar-refractivity contribution in [3.05, 3.63) is 29.3 Å². The molecule has 0 radical (unpaired) electrons. The van der Waals surface area contributed by atoms with Crippen LogP contribution in [0.4, 0.5) is 14.5 Å². The number of ether oxygens (including phenoxy) is 1. The molecule has 6 heteroatoms. The number of methoxy groups -OCH3 is 1. The molecule has 0 unspecified atom stereocenters. The second-order valence-corrected chi connectivity index (χ2v) is 5.85. The fourth-order valence-corrected chi connectivity index (χ4v) is 1.84. The van der Waals surface area contributed by atoms with Crippen LogP contribution < -0.4 is 11.1 Å². The monoisotopic (exact) mass is 302 g/mol. The summed E-state index contributed by atoms with van der Waals surface area (Å²) in [6.45, 7) is 5.17. The predicted octanol–water partition coefficient (Wildman–Crippen LogP) is 3.07. The Balaban J connectivity index is 2.79. The Morgan fingerprint density at radius 1 is 1.35 bits per heavy atom. The highest BCUT2D eigenvalue weighted by atomic mass is 32.1. The van der Waals surface area contributed by atoms with E-state index in [9.17, 15) is 8.78 Å². The zero-order valence-electron chi connectivity index (χ0n) is 11.9. The zero-order valence-corrected chi connectivity index (χ0v) is 12.7. The highest BCUT2D eigenvalue weighted by Crippen LogP contribution is 2.24. The number of benzene rings is 1. The Labute approximate surface area is 123 Å². The molecule has 0 spiro atoms. The van der Waals surface area contributed by atoms with Crippen LogP contribution in [0.2, 0.25) is 0 Å². The van der Waals surface area contributed by atoms with Gasteiger partial charge in [0.15, 0.2) is 11.6 Å². The van der Waals surface area contributed by atoms with E-state index in [2.05, 4.69) is 17.5 Å². The van der Waals surface area contributed by atoms with E-state index in [1.54, 1.807) is 7.11 Å². The van der Waals surface area contributed by atoms with Crippen LogP contribution in [-0.4, -0.2) is 25.2 Å². The van der Waals surface area contributed by atoms with E-state index in [1.807, 2.05) is 13.8 Å². The summed E-state index contributed by atoms with van der Waals surface area (Å²) in [5.41, 5.74) is 5.25. The summed E-state index contributed by atoms with van der Waals surface area (Å²) in [5.74, 6) is -1.98. The molecular weight excluding hydrogens is 282 g/mol. The highest BCUT2D eigenvalue weighted by molar-refractivity contribution is 7.80. The first-order valence-corrected chi connectivity index (χ1v) is 6.70. The number of nitrogens with two attached hydrogens (primary N) is 1. The molecule has 0 bridgehead atoms. The molecule has 0 heterocycles. The maximum Gasteiger partial charge on any atom is 0.182 e. The highest BCUT2D eigenvalue weighted by Gasteiger charge is 2.20. The van der Waals surface area contributed by atoms with Crippen molar-refractivity contribution in [3.8, 4) is 0 Å². The molecule has 0 aliphatic heterocycles. The average molecular weight is 302 g/mol. The van der Waals surface area contributed by atoms with Crippen LogP contribution in [0.5, 0.6) is 0 Å². The molecule has 0 fully saturated rings. The fourth-order valence-electron chi connectivity index (χ4n) is 1.68. The van der Waals surface area contributed by atoms with E-state index in [1.165, 1.54) is 12.1 Å². The number of hydrogen-bond donors (Lipinski definition) is 2. The summed E-state index contributed by atoms with van der Waals surface area (Å²) in [4.78, 5) is -0.159. The molecule has 1 aromatic carbocycles. The van der Waals surface area contributed by atoms with Crippen LogP contribution in [0.3, 0.4) is 0 Å². The van der Waals surface area contributed by atoms with Crippen molar-refractivity contribution in [2.75, 3.05) is 25.6 Å². The van der Waals surface area contributed by atoms with Crippen molar-refractivity contribution < 1.29 is 13.5 Å². The van der Waals surface area contributed by atoms with Gasteiger partial charge in [-0.3, -0.25) is 0 Å². The van der Waals surface area contributed by atoms with Gasteiger partial charge in [0.05, 0.1) is 5.69 Å². The van der Waals surface area contributed by atoms with E-state index >= 15 is 0 Å². The quantitative estimate of drug-likeness (QED) is 0.760. The van der Waals surface area contributed by atoms with Gasteiger partial charge in [-0.05, 0) is 24.0 Å². The number of halogens is 2. The molecule has 1 aromatic rings. The molecule has 3 nitrogen and oxygen atoms in total. The summed E-state index contributed by atoms with van der Waals surface area (Å²) < 4.78 is 32.6. The van der Waals surface area contributed by atoms with Gasteiger partial charge in [0.2, 0.25) is 0 Å². The number of rotatable bonds is 7. The molecule has 112 valence electrons. The average Bonchev–Trinajstić information content (AvgIpc) is 2.38. The first-order chi connectivity index (χ1) is 9.28. The van der Waals surface area contributed by atoms with Gasteiger partial charge in [-0.2, -0.15) is 0 Å². The summed E-state index contributed by atoms with van der Waals surface area (Å²) in [6.07, 6.45) is 0.811. The van der Waals surface area contributed by atoms with Crippen LogP contribution in [0.25, 0.3) is 0 Å². The van der Waals surface area contributed by atoms with E-state index in [-0.39, 0.29) is 21.7 Å². The minimum Gasteiger partial charge on any atom is -0.389 e. The number of hydrogen-bond acceptors (Lipinski definition) is 3. The minimum absolute atomic E-state index is 0.0818. The molecule has 0 aromatic heterocycles. The molecule has 0 atom stereocenters. The van der Waals surface area contributed by atoms with Gasteiger partial charge in [-0.25, -0.2) is 8.78 Å². The molecular formula is C14H20F2N2OS. The Hall–Kier alpha value is -1.27. The lowest BCUT2D eigenvalue weighted by atomic mass is 9.89. The van der Waals surface area contributed by atoms with Gasteiger partial charge >= 0.3 is 0 Å². The normalized spacial score (nSPS) is 11.4. The van der Waals surface area contributed by atoms with Crippen molar-refractivity contribution >= 4 is 22.9 Å². The van der Waals surface area contributed by atoms with Gasteiger partial charge in [-0.15, -0.1) is 0 Å². The lowest BCUT2D eigenvalue weighted by molar-refractivity contribution is 0.157. The Bertz CT molecular complexity index is 492. The van der Waals surface area contributed by atoms with Crippen molar-refractivity contribution in [2.45, 2.75) is 20.3 Å². The van der Waals surface area contributed by atoms with Crippen LogP contribution in [-0.2, 0) is 4.74 Å². The third-order valence-corrected chi connectivity index (χ3v) is 3.31. The molecule has 0 saturated carbocycles. The van der Waals surface area contributed by atoms with Crippen LogP contribution >= 0.6 is 12.2 Å². The largest absolute Gasteiger partial charge is 0.389 e. The summed E-state index contributed by atoms with van der Waals surface area (Å²) >= 11 is 4.66. The van der Waals surface area contributed by atoms with Crippen LogP contribution in [0.1, 0.15) is 25.8 Å². The number of anilines is 1. The first-order valence-electron chi connectivity index (χ1n) is 6.29. The molecule has 3 N–H and O–H groups in total. The van der Waals surface area contributed by atoms with E-state index in [0.717, 1.165) is 6.42 Å². The number of nitrogens with one attached hydrogen (secondary N) is 1. The maximum absolute atomic E-state index is 13.9. The lowest BCUT2D eigenvalue weighted by Gasteiger charge is -2.25. The van der Waals surface area contributed by atoms with Crippen molar-refractivity contribution in [1.29, 1.82) is 0 Å². The Kier molecular flexibility index (Phi) is 5.83. The van der Waals surface area contributed by atoms with Crippen molar-refractivity contribution in [1.82, 2.24) is 0 Å².